The van der Waals surface area contributed by atoms with Crippen molar-refractivity contribution in [1.82, 2.24) is 0 Å². The first-order chi connectivity index (χ1) is 14.6. The Labute approximate surface area is 184 Å². The summed E-state index contributed by atoms with van der Waals surface area (Å²) in [5.41, 5.74) is 2.26. The van der Waals surface area contributed by atoms with E-state index in [9.17, 15) is 4.79 Å². The van der Waals surface area contributed by atoms with E-state index >= 15 is 0 Å². The lowest BCUT2D eigenvalue weighted by molar-refractivity contribution is 0.284. The minimum atomic E-state index is -0.346. The number of benzene rings is 3. The number of fused-ring (bicyclic) bond motifs is 3. The van der Waals surface area contributed by atoms with Crippen molar-refractivity contribution >= 4 is 37.7 Å². The highest BCUT2D eigenvalue weighted by Gasteiger charge is 2.14. The third-order valence-electron chi connectivity index (χ3n) is 4.78. The van der Waals surface area contributed by atoms with Gasteiger partial charge in [-0.25, -0.2) is 4.79 Å². The van der Waals surface area contributed by atoms with Crippen molar-refractivity contribution in [1.29, 1.82) is 0 Å². The second-order valence-corrected chi connectivity index (χ2v) is 7.45. The van der Waals surface area contributed by atoms with Crippen LogP contribution in [0.4, 0.5) is 0 Å². The van der Waals surface area contributed by atoms with Gasteiger partial charge in [-0.05, 0) is 41.8 Å². The van der Waals surface area contributed by atoms with Gasteiger partial charge in [-0.3, -0.25) is 0 Å². The van der Waals surface area contributed by atoms with Gasteiger partial charge in [-0.1, -0.05) is 61.0 Å². The molecule has 156 valence electrons. The fourth-order valence-corrected chi connectivity index (χ4v) is 3.48. The Morgan fingerprint density at radius 1 is 0.867 bits per heavy atom. The predicted octanol–water partition coefficient (Wildman–Crippen LogP) is 6.88. The molecule has 0 atom stereocenters. The van der Waals surface area contributed by atoms with E-state index in [-0.39, 0.29) is 5.63 Å². The molecule has 0 spiro atoms. The lowest BCUT2D eigenvalue weighted by Crippen LogP contribution is -2.02. The minimum Gasteiger partial charge on any atom is -0.493 e. The Kier molecular flexibility index (Phi) is 7.16. The molecule has 0 radical (unpaired) electrons. The van der Waals surface area contributed by atoms with Crippen LogP contribution >= 0.6 is 15.9 Å². The molecule has 0 N–H and O–H groups in total. The molecule has 0 saturated heterocycles. The molecule has 4 aromatic rings. The molecule has 0 aliphatic carbocycles. The van der Waals surface area contributed by atoms with Gasteiger partial charge in [-0.15, -0.1) is 0 Å². The van der Waals surface area contributed by atoms with Crippen LogP contribution in [0.1, 0.15) is 31.9 Å². The van der Waals surface area contributed by atoms with E-state index in [1.165, 1.54) is 0 Å². The summed E-state index contributed by atoms with van der Waals surface area (Å²) >= 11 is 3.42. The molecule has 0 aliphatic rings. The van der Waals surface area contributed by atoms with Crippen molar-refractivity contribution in [2.45, 2.75) is 33.8 Å². The largest absolute Gasteiger partial charge is 0.493 e. The first kappa shape index (κ1) is 21.9. The van der Waals surface area contributed by atoms with Crippen molar-refractivity contribution in [3.8, 4) is 11.5 Å². The van der Waals surface area contributed by atoms with Crippen molar-refractivity contribution < 1.29 is 13.9 Å². The zero-order valence-electron chi connectivity index (χ0n) is 17.6. The molecule has 5 heteroatoms. The van der Waals surface area contributed by atoms with Gasteiger partial charge >= 0.3 is 5.63 Å². The molecule has 0 aliphatic heterocycles. The SMILES string of the molecule is CC.CCc1ccc2c(c1)c(=O)oc1cc(OCc3ccc(Br)cc3)c(OC)cc12. The van der Waals surface area contributed by atoms with Crippen LogP contribution in [-0.2, 0) is 13.0 Å². The molecule has 1 aromatic heterocycles. The fourth-order valence-electron chi connectivity index (χ4n) is 3.22. The van der Waals surface area contributed by atoms with Crippen LogP contribution in [-0.4, -0.2) is 7.11 Å². The summed E-state index contributed by atoms with van der Waals surface area (Å²) in [4.78, 5) is 12.5. The maximum Gasteiger partial charge on any atom is 0.344 e. The van der Waals surface area contributed by atoms with E-state index in [0.717, 1.165) is 32.8 Å². The summed E-state index contributed by atoms with van der Waals surface area (Å²) in [6.07, 6.45) is 0.861. The third-order valence-corrected chi connectivity index (χ3v) is 5.31. The molecule has 0 saturated carbocycles. The highest BCUT2D eigenvalue weighted by molar-refractivity contribution is 9.10. The Hall–Kier alpha value is -2.79. The van der Waals surface area contributed by atoms with Crippen molar-refractivity contribution in [3.63, 3.8) is 0 Å². The zero-order valence-corrected chi connectivity index (χ0v) is 19.2. The molecular weight excluding hydrogens is 444 g/mol. The molecule has 0 fully saturated rings. The number of ether oxygens (including phenoxy) is 2. The standard InChI is InChI=1S/C23H19BrO4.C2H6/c1-3-14-6-9-17-18-11-21(26-2)22(12-20(18)28-23(25)19(17)10-14)27-13-15-4-7-16(24)8-5-15;1-2/h4-12H,3,13H2,1-2H3;1-2H3. The molecule has 30 heavy (non-hydrogen) atoms. The van der Waals surface area contributed by atoms with E-state index in [2.05, 4.69) is 22.9 Å². The molecule has 4 nitrogen and oxygen atoms in total. The van der Waals surface area contributed by atoms with Crippen LogP contribution in [0.25, 0.3) is 21.7 Å². The van der Waals surface area contributed by atoms with Gasteiger partial charge in [0.05, 0.1) is 12.5 Å². The van der Waals surface area contributed by atoms with Crippen LogP contribution < -0.4 is 15.1 Å². The first-order valence-corrected chi connectivity index (χ1v) is 10.8. The molecule has 1 heterocycles. The van der Waals surface area contributed by atoms with Crippen LogP contribution in [0, 0.1) is 0 Å². The Morgan fingerprint density at radius 3 is 2.23 bits per heavy atom. The molecular formula is C25H25BrO4. The Balaban J connectivity index is 0.00000124. The number of halogens is 1. The van der Waals surface area contributed by atoms with Crippen LogP contribution in [0.5, 0.6) is 11.5 Å². The quantitative estimate of drug-likeness (QED) is 0.236. The number of methoxy groups -OCH3 is 1. The number of rotatable bonds is 5. The van der Waals surface area contributed by atoms with E-state index in [4.69, 9.17) is 13.9 Å². The van der Waals surface area contributed by atoms with Crippen LogP contribution in [0.3, 0.4) is 0 Å². The number of aryl methyl sites for hydroxylation is 1. The van der Waals surface area contributed by atoms with Gasteiger partial charge in [0.1, 0.15) is 12.2 Å². The summed E-state index contributed by atoms with van der Waals surface area (Å²) in [6, 6.07) is 17.4. The second kappa shape index (κ2) is 9.81. The van der Waals surface area contributed by atoms with Gasteiger partial charge in [0.2, 0.25) is 0 Å². The van der Waals surface area contributed by atoms with Crippen molar-refractivity contribution in [3.05, 3.63) is 80.6 Å². The topological polar surface area (TPSA) is 48.7 Å². The lowest BCUT2D eigenvalue weighted by Gasteiger charge is -2.13. The number of hydrogen-bond donors (Lipinski definition) is 0. The lowest BCUT2D eigenvalue weighted by atomic mass is 10.0. The summed E-state index contributed by atoms with van der Waals surface area (Å²) in [5.74, 6) is 1.13. The van der Waals surface area contributed by atoms with Crippen molar-refractivity contribution in [2.75, 3.05) is 7.11 Å². The first-order valence-electron chi connectivity index (χ1n) is 10.0. The molecule has 0 unspecified atom stereocenters. The number of hydrogen-bond acceptors (Lipinski definition) is 4. The smallest absolute Gasteiger partial charge is 0.344 e. The third kappa shape index (κ3) is 4.51. The van der Waals surface area contributed by atoms with Crippen molar-refractivity contribution in [2.24, 2.45) is 0 Å². The zero-order chi connectivity index (χ0) is 21.7. The van der Waals surface area contributed by atoms with E-state index < -0.39 is 0 Å². The monoisotopic (exact) mass is 468 g/mol. The molecule has 0 amide bonds. The average molecular weight is 469 g/mol. The minimum absolute atomic E-state index is 0.346. The average Bonchev–Trinajstić information content (AvgIpc) is 2.79. The van der Waals surface area contributed by atoms with E-state index in [0.29, 0.717) is 29.1 Å². The van der Waals surface area contributed by atoms with Crippen LogP contribution in [0.15, 0.2) is 68.3 Å². The molecule has 4 rings (SSSR count). The predicted molar refractivity (Wildman–Crippen MR) is 126 cm³/mol. The Morgan fingerprint density at radius 2 is 1.57 bits per heavy atom. The van der Waals surface area contributed by atoms with Gasteiger partial charge in [0, 0.05) is 21.3 Å². The summed E-state index contributed by atoms with van der Waals surface area (Å²) in [7, 11) is 1.60. The van der Waals surface area contributed by atoms with Gasteiger partial charge in [0.15, 0.2) is 11.5 Å². The maximum absolute atomic E-state index is 12.5. The van der Waals surface area contributed by atoms with Gasteiger partial charge in [0.25, 0.3) is 0 Å². The normalized spacial score (nSPS) is 10.6. The summed E-state index contributed by atoms with van der Waals surface area (Å²) < 4.78 is 18.1. The summed E-state index contributed by atoms with van der Waals surface area (Å²) in [6.45, 7) is 6.44. The van der Waals surface area contributed by atoms with E-state index in [1.54, 1.807) is 13.2 Å². The Bertz CT molecular complexity index is 1210. The van der Waals surface area contributed by atoms with Gasteiger partial charge in [-0.2, -0.15) is 0 Å². The maximum atomic E-state index is 12.5. The van der Waals surface area contributed by atoms with E-state index in [1.807, 2.05) is 62.4 Å². The summed E-state index contributed by atoms with van der Waals surface area (Å²) in [5, 5.41) is 2.25. The van der Waals surface area contributed by atoms with Gasteiger partial charge < -0.3 is 13.9 Å². The molecule has 3 aromatic carbocycles. The fraction of sp³-hybridized carbons (Fsp3) is 0.240. The highest BCUT2D eigenvalue weighted by Crippen LogP contribution is 2.35. The second-order valence-electron chi connectivity index (χ2n) is 6.54. The highest BCUT2D eigenvalue weighted by atomic mass is 79.9. The molecule has 0 bridgehead atoms. The van der Waals surface area contributed by atoms with Crippen LogP contribution in [0.2, 0.25) is 0 Å².